The van der Waals surface area contributed by atoms with Crippen LogP contribution in [0.2, 0.25) is 0 Å². The van der Waals surface area contributed by atoms with Crippen LogP contribution in [0.4, 0.5) is 0 Å². The smallest absolute Gasteiger partial charge is 0.260 e. The molecular formula is C14H20N2O3S. The highest BCUT2D eigenvalue weighted by Crippen LogP contribution is 2.18. The molecule has 0 heterocycles. The number of ether oxygens (including phenoxy) is 1. The number of hydrogen-bond acceptors (Lipinski definition) is 4. The summed E-state index contributed by atoms with van der Waals surface area (Å²) in [6.07, 6.45) is 0. The normalized spacial score (nSPS) is 11.0. The van der Waals surface area contributed by atoms with Gasteiger partial charge < -0.3 is 20.5 Å². The van der Waals surface area contributed by atoms with E-state index in [9.17, 15) is 9.90 Å². The van der Waals surface area contributed by atoms with Gasteiger partial charge in [-0.05, 0) is 26.0 Å². The number of carbonyl (C=O) groups excluding carboxylic acids is 1. The summed E-state index contributed by atoms with van der Waals surface area (Å²) in [5.41, 5.74) is 5.56. The lowest BCUT2D eigenvalue weighted by atomic mass is 10.1. The first-order chi connectivity index (χ1) is 9.29. The molecule has 0 saturated carbocycles. The molecule has 0 atom stereocenters. The van der Waals surface area contributed by atoms with E-state index in [4.69, 9.17) is 22.7 Å². The van der Waals surface area contributed by atoms with Crippen LogP contribution in [-0.4, -0.2) is 46.7 Å². The Morgan fingerprint density at radius 1 is 1.45 bits per heavy atom. The number of nitrogens with two attached hydrogens (primary N) is 1. The van der Waals surface area contributed by atoms with E-state index in [1.807, 2.05) is 0 Å². The van der Waals surface area contributed by atoms with Crippen LogP contribution in [-0.2, 0) is 4.79 Å². The van der Waals surface area contributed by atoms with E-state index in [0.717, 1.165) is 0 Å². The van der Waals surface area contributed by atoms with Crippen LogP contribution in [0.5, 0.6) is 5.75 Å². The highest BCUT2D eigenvalue weighted by atomic mass is 32.1. The molecule has 1 rings (SSSR count). The molecule has 0 radical (unpaired) electrons. The number of aliphatic hydroxyl groups is 1. The van der Waals surface area contributed by atoms with Crippen LogP contribution >= 0.6 is 12.2 Å². The van der Waals surface area contributed by atoms with E-state index in [1.54, 1.807) is 45.2 Å². The Morgan fingerprint density at radius 3 is 2.60 bits per heavy atom. The van der Waals surface area contributed by atoms with Gasteiger partial charge in [-0.15, -0.1) is 0 Å². The van der Waals surface area contributed by atoms with E-state index in [-0.39, 0.29) is 24.1 Å². The average Bonchev–Trinajstić information content (AvgIpc) is 2.43. The zero-order valence-corrected chi connectivity index (χ0v) is 12.7. The zero-order chi connectivity index (χ0) is 15.3. The van der Waals surface area contributed by atoms with Gasteiger partial charge in [0.05, 0.1) is 17.7 Å². The van der Waals surface area contributed by atoms with Crippen molar-refractivity contribution in [1.29, 1.82) is 0 Å². The number of thiocarbonyl (C=S) groups is 1. The fourth-order valence-corrected chi connectivity index (χ4v) is 1.64. The van der Waals surface area contributed by atoms with E-state index in [0.29, 0.717) is 11.3 Å². The van der Waals surface area contributed by atoms with Crippen LogP contribution in [0, 0.1) is 0 Å². The molecule has 1 aromatic carbocycles. The van der Waals surface area contributed by atoms with Crippen LogP contribution in [0.15, 0.2) is 24.3 Å². The van der Waals surface area contributed by atoms with Gasteiger partial charge in [0.25, 0.3) is 5.91 Å². The minimum Gasteiger partial charge on any atom is -0.483 e. The molecule has 0 spiro atoms. The number of para-hydroxylation sites is 1. The van der Waals surface area contributed by atoms with Gasteiger partial charge >= 0.3 is 0 Å². The average molecular weight is 296 g/mol. The number of aliphatic hydroxyl groups excluding tert-OH is 1. The Bertz CT molecular complexity index is 503. The van der Waals surface area contributed by atoms with Crippen molar-refractivity contribution in [2.24, 2.45) is 5.73 Å². The summed E-state index contributed by atoms with van der Waals surface area (Å²) >= 11 is 4.93. The number of carbonyl (C=O) groups is 1. The molecule has 110 valence electrons. The first kappa shape index (κ1) is 16.4. The predicted molar refractivity (Wildman–Crippen MR) is 81.8 cm³/mol. The Kier molecular flexibility index (Phi) is 5.47. The van der Waals surface area contributed by atoms with Crippen molar-refractivity contribution in [2.75, 3.05) is 20.3 Å². The van der Waals surface area contributed by atoms with Crippen molar-refractivity contribution < 1.29 is 14.6 Å². The molecule has 1 aromatic rings. The van der Waals surface area contributed by atoms with Gasteiger partial charge in [-0.1, -0.05) is 24.4 Å². The number of likely N-dealkylation sites (N-methyl/N-ethyl adjacent to an activating group) is 1. The van der Waals surface area contributed by atoms with E-state index in [1.165, 1.54) is 4.90 Å². The van der Waals surface area contributed by atoms with Crippen molar-refractivity contribution in [3.05, 3.63) is 29.8 Å². The van der Waals surface area contributed by atoms with Gasteiger partial charge in [0, 0.05) is 7.05 Å². The lowest BCUT2D eigenvalue weighted by Gasteiger charge is -2.33. The van der Waals surface area contributed by atoms with Crippen molar-refractivity contribution >= 4 is 23.1 Å². The summed E-state index contributed by atoms with van der Waals surface area (Å²) in [4.78, 5) is 13.7. The Balaban J connectivity index is 2.73. The van der Waals surface area contributed by atoms with Crippen molar-refractivity contribution in [3.63, 3.8) is 0 Å². The fraction of sp³-hybridized carbons (Fsp3) is 0.429. The molecule has 0 bridgehead atoms. The maximum atomic E-state index is 12.0. The number of nitrogens with zero attached hydrogens (tertiary/aromatic N) is 1. The standard InChI is InChI=1S/C14H20N2O3S/c1-14(2,9-17)16(3)12(18)8-19-11-7-5-4-6-10(11)13(15)20/h4-7,17H,8-9H2,1-3H3,(H2,15,20). The van der Waals surface area contributed by atoms with Crippen molar-refractivity contribution in [2.45, 2.75) is 19.4 Å². The van der Waals surface area contributed by atoms with Gasteiger partial charge in [0.1, 0.15) is 10.7 Å². The summed E-state index contributed by atoms with van der Waals surface area (Å²) in [6.45, 7) is 3.28. The molecule has 0 saturated heterocycles. The minimum absolute atomic E-state index is 0.126. The molecule has 0 aliphatic rings. The first-order valence-corrected chi connectivity index (χ1v) is 6.59. The van der Waals surface area contributed by atoms with E-state index < -0.39 is 5.54 Å². The summed E-state index contributed by atoms with van der Waals surface area (Å²) in [5, 5.41) is 9.25. The van der Waals surface area contributed by atoms with Gasteiger partial charge in [-0.25, -0.2) is 0 Å². The third-order valence-electron chi connectivity index (χ3n) is 3.17. The second-order valence-electron chi connectivity index (χ2n) is 5.07. The summed E-state index contributed by atoms with van der Waals surface area (Å²) in [5.74, 6) is 0.241. The molecule has 1 amide bonds. The number of amides is 1. The summed E-state index contributed by atoms with van der Waals surface area (Å²) in [7, 11) is 1.63. The monoisotopic (exact) mass is 296 g/mol. The predicted octanol–water partition coefficient (Wildman–Crippen LogP) is 0.929. The summed E-state index contributed by atoms with van der Waals surface area (Å²) in [6, 6.07) is 7.02. The van der Waals surface area contributed by atoms with Crippen LogP contribution in [0.25, 0.3) is 0 Å². The second kappa shape index (κ2) is 6.67. The number of benzene rings is 1. The van der Waals surface area contributed by atoms with Crippen LogP contribution < -0.4 is 10.5 Å². The van der Waals surface area contributed by atoms with Crippen molar-refractivity contribution in [3.8, 4) is 5.75 Å². The number of rotatable bonds is 6. The van der Waals surface area contributed by atoms with Crippen LogP contribution in [0.1, 0.15) is 19.4 Å². The maximum absolute atomic E-state index is 12.0. The lowest BCUT2D eigenvalue weighted by Crippen LogP contribution is -2.49. The molecule has 0 unspecified atom stereocenters. The third-order valence-corrected chi connectivity index (χ3v) is 3.39. The zero-order valence-electron chi connectivity index (χ0n) is 11.9. The minimum atomic E-state index is -0.636. The Hall–Kier alpha value is -1.66. The maximum Gasteiger partial charge on any atom is 0.260 e. The van der Waals surface area contributed by atoms with Crippen molar-refractivity contribution in [1.82, 2.24) is 4.90 Å². The fourth-order valence-electron chi connectivity index (χ4n) is 1.48. The quantitative estimate of drug-likeness (QED) is 0.764. The molecule has 3 N–H and O–H groups in total. The lowest BCUT2D eigenvalue weighted by molar-refractivity contribution is -0.138. The van der Waals surface area contributed by atoms with Gasteiger partial charge in [0.2, 0.25) is 0 Å². The largest absolute Gasteiger partial charge is 0.483 e. The molecular weight excluding hydrogens is 276 g/mol. The third kappa shape index (κ3) is 3.91. The molecule has 5 nitrogen and oxygen atoms in total. The molecule has 20 heavy (non-hydrogen) atoms. The van der Waals surface area contributed by atoms with Gasteiger partial charge in [0.15, 0.2) is 6.61 Å². The Labute approximate surface area is 124 Å². The van der Waals surface area contributed by atoms with Gasteiger partial charge in [-0.2, -0.15) is 0 Å². The summed E-state index contributed by atoms with van der Waals surface area (Å²) < 4.78 is 5.48. The Morgan fingerprint density at radius 2 is 2.05 bits per heavy atom. The molecule has 0 aromatic heterocycles. The molecule has 6 heteroatoms. The highest BCUT2D eigenvalue weighted by molar-refractivity contribution is 7.80. The SMILES string of the molecule is CN(C(=O)COc1ccccc1C(N)=S)C(C)(C)CO. The highest BCUT2D eigenvalue weighted by Gasteiger charge is 2.27. The molecule has 0 aliphatic carbocycles. The van der Waals surface area contributed by atoms with Crippen LogP contribution in [0.3, 0.4) is 0 Å². The first-order valence-electron chi connectivity index (χ1n) is 6.18. The topological polar surface area (TPSA) is 75.8 Å². The number of hydrogen-bond donors (Lipinski definition) is 2. The van der Waals surface area contributed by atoms with Gasteiger partial charge in [-0.3, -0.25) is 4.79 Å². The van der Waals surface area contributed by atoms with E-state index >= 15 is 0 Å². The molecule has 0 fully saturated rings. The second-order valence-corrected chi connectivity index (χ2v) is 5.51. The van der Waals surface area contributed by atoms with E-state index in [2.05, 4.69) is 0 Å². The molecule has 0 aliphatic heterocycles.